The second kappa shape index (κ2) is 41.0. The Balaban J connectivity index is 3.66. The largest absolute Gasteiger partial charge is 0.481 e. The van der Waals surface area contributed by atoms with Gasteiger partial charge in [-0.25, -0.2) is 4.79 Å². The lowest BCUT2D eigenvalue weighted by molar-refractivity contribution is -0.142. The van der Waals surface area contributed by atoms with Gasteiger partial charge in [0.25, 0.3) is 0 Å². The Kier molecular flexibility index (Phi) is 38.2. The average molecular weight is 909 g/mol. The summed E-state index contributed by atoms with van der Waals surface area (Å²) in [5, 5.41) is 39.8. The topological polar surface area (TPSA) is 320 Å². The molecule has 21 nitrogen and oxygen atoms in total. The van der Waals surface area contributed by atoms with E-state index in [4.69, 9.17) is 34.9 Å². The maximum Gasteiger partial charge on any atom is 0.326 e. The van der Waals surface area contributed by atoms with Crippen molar-refractivity contribution in [2.24, 2.45) is 5.73 Å². The first-order valence-corrected chi connectivity index (χ1v) is 22.6. The zero-order chi connectivity index (χ0) is 46.1. The van der Waals surface area contributed by atoms with E-state index in [-0.39, 0.29) is 146 Å². The van der Waals surface area contributed by atoms with E-state index in [2.05, 4.69) is 26.6 Å². The quantitative estimate of drug-likeness (QED) is 0.0377. The molecule has 0 saturated heterocycles. The molecular weight excluding hydrogens is 837 g/mol. The maximum absolute atomic E-state index is 12.3. The van der Waals surface area contributed by atoms with Gasteiger partial charge in [0.15, 0.2) is 0 Å². The van der Waals surface area contributed by atoms with E-state index in [0.29, 0.717) is 6.42 Å². The molecule has 0 rings (SSSR count). The van der Waals surface area contributed by atoms with Crippen molar-refractivity contribution in [3.8, 4) is 0 Å². The van der Waals surface area contributed by atoms with Gasteiger partial charge < -0.3 is 66.6 Å². The number of unbranched alkanes of at least 4 members (excludes halogenated alkanes) is 11. The summed E-state index contributed by atoms with van der Waals surface area (Å²) >= 11 is 1.10. The molecule has 2 atom stereocenters. The Bertz CT molecular complexity index is 1280. The lowest BCUT2D eigenvalue weighted by atomic mass is 10.0. The molecule has 0 radical (unpaired) electrons. The molecule has 0 heterocycles. The van der Waals surface area contributed by atoms with Gasteiger partial charge in [-0.1, -0.05) is 64.2 Å². The highest BCUT2D eigenvalue weighted by Gasteiger charge is 2.21. The van der Waals surface area contributed by atoms with Crippen LogP contribution in [0.2, 0.25) is 0 Å². The summed E-state index contributed by atoms with van der Waals surface area (Å²) in [4.78, 5) is 92.6. The molecule has 358 valence electrons. The fourth-order valence-corrected chi connectivity index (χ4v) is 6.22. The van der Waals surface area contributed by atoms with E-state index in [1.54, 1.807) is 0 Å². The molecule has 0 aliphatic carbocycles. The van der Waals surface area contributed by atoms with Crippen molar-refractivity contribution in [1.82, 2.24) is 26.6 Å². The molecular formula is C40H72N6O15S. The van der Waals surface area contributed by atoms with Gasteiger partial charge in [0, 0.05) is 51.2 Å². The minimum atomic E-state index is -1.20. The fraction of sp³-hybridized carbons (Fsp3) is 0.800. The number of hydrogen-bond donors (Lipinski definition) is 9. The van der Waals surface area contributed by atoms with E-state index < -0.39 is 30.0 Å². The maximum atomic E-state index is 12.3. The number of aliphatic carboxylic acids is 3. The third-order valence-electron chi connectivity index (χ3n) is 8.80. The highest BCUT2D eigenvalue weighted by Crippen LogP contribution is 2.13. The smallest absolute Gasteiger partial charge is 0.326 e. The van der Waals surface area contributed by atoms with Crippen molar-refractivity contribution in [1.29, 1.82) is 0 Å². The third kappa shape index (κ3) is 40.0. The number of carboxylic acid groups (broad SMARTS) is 3. The van der Waals surface area contributed by atoms with Crippen LogP contribution in [0.4, 0.5) is 0 Å². The number of rotatable bonds is 44. The molecule has 0 saturated carbocycles. The molecule has 0 spiro atoms. The van der Waals surface area contributed by atoms with Crippen LogP contribution in [0.25, 0.3) is 0 Å². The van der Waals surface area contributed by atoms with E-state index in [1.165, 1.54) is 12.8 Å². The van der Waals surface area contributed by atoms with Crippen LogP contribution < -0.4 is 32.3 Å². The van der Waals surface area contributed by atoms with Gasteiger partial charge in [0.2, 0.25) is 29.5 Å². The summed E-state index contributed by atoms with van der Waals surface area (Å²) in [6.07, 6.45) is 12.6. The van der Waals surface area contributed by atoms with Gasteiger partial charge in [-0.15, -0.1) is 11.8 Å². The SMILES string of the molecule is N[C@@H](CSCC(=O)NCCNC(=O)COCCOCCNC(=O)COCCOCCNC(=O)CC[C@H](NC(=O)CCCCCCCCCCCCCCC(=O)O)C(=O)O)C(=O)O. The minimum absolute atomic E-state index is 0.0434. The van der Waals surface area contributed by atoms with Crippen LogP contribution in [0.1, 0.15) is 103 Å². The molecule has 5 amide bonds. The summed E-state index contributed by atoms with van der Waals surface area (Å²) < 4.78 is 21.2. The molecule has 22 heteroatoms. The van der Waals surface area contributed by atoms with Crippen molar-refractivity contribution in [3.63, 3.8) is 0 Å². The van der Waals surface area contributed by atoms with Crippen molar-refractivity contribution in [2.45, 2.75) is 115 Å². The standard InChI is InChI=1S/C40H72N6O15S/c41-31(39(54)55)29-62-30-37(51)43-18-17-42-35(49)27-60-25-24-59-22-20-45-36(50)28-61-26-23-58-21-19-44-33(47)16-15-32(40(56)57)46-34(48)13-11-9-7-5-3-1-2-4-6-8-10-12-14-38(52)53/h31-32H,1-30,41H2,(H,42,49)(H,43,51)(H,44,47)(H,45,50)(H,46,48)(H,52,53)(H,54,55)(H,56,57)/t31-,32-/m0/s1. The lowest BCUT2D eigenvalue weighted by Gasteiger charge is -2.14. The monoisotopic (exact) mass is 908 g/mol. The Labute approximate surface area is 368 Å². The van der Waals surface area contributed by atoms with Crippen molar-refractivity contribution >= 4 is 59.2 Å². The molecule has 0 bridgehead atoms. The van der Waals surface area contributed by atoms with E-state index in [1.807, 2.05) is 0 Å². The number of thioether (sulfide) groups is 1. The summed E-state index contributed by atoms with van der Waals surface area (Å²) in [6.45, 7) is 1.50. The summed E-state index contributed by atoms with van der Waals surface area (Å²) in [6, 6.07) is -2.19. The number of ether oxygens (including phenoxy) is 4. The average Bonchev–Trinajstić information content (AvgIpc) is 3.22. The Hall–Kier alpha value is -4.09. The predicted octanol–water partition coefficient (Wildman–Crippen LogP) is 0.558. The van der Waals surface area contributed by atoms with E-state index in [0.717, 1.165) is 69.5 Å². The van der Waals surface area contributed by atoms with Crippen molar-refractivity contribution in [2.75, 3.05) is 90.5 Å². The molecule has 0 aromatic carbocycles. The minimum Gasteiger partial charge on any atom is -0.481 e. The number of amides is 5. The molecule has 0 aromatic heterocycles. The van der Waals surface area contributed by atoms with Gasteiger partial charge in [-0.3, -0.25) is 33.6 Å². The predicted molar refractivity (Wildman–Crippen MR) is 229 cm³/mol. The van der Waals surface area contributed by atoms with Gasteiger partial charge >= 0.3 is 17.9 Å². The molecule has 10 N–H and O–H groups in total. The van der Waals surface area contributed by atoms with Gasteiger partial charge in [0.05, 0.1) is 45.4 Å². The van der Waals surface area contributed by atoms with Gasteiger partial charge in [0.1, 0.15) is 25.3 Å². The van der Waals surface area contributed by atoms with Crippen LogP contribution in [0, 0.1) is 0 Å². The Morgan fingerprint density at radius 1 is 0.468 bits per heavy atom. The number of carboxylic acids is 3. The second-order valence-electron chi connectivity index (χ2n) is 14.3. The van der Waals surface area contributed by atoms with Crippen molar-refractivity contribution < 1.29 is 72.6 Å². The number of nitrogens with one attached hydrogen (secondary N) is 5. The molecule has 0 aliphatic heterocycles. The van der Waals surface area contributed by atoms with E-state index >= 15 is 0 Å². The third-order valence-corrected chi connectivity index (χ3v) is 9.86. The summed E-state index contributed by atoms with van der Waals surface area (Å²) in [5.41, 5.74) is 5.36. The first kappa shape index (κ1) is 57.9. The Morgan fingerprint density at radius 3 is 1.39 bits per heavy atom. The van der Waals surface area contributed by atoms with Gasteiger partial charge in [-0.05, 0) is 19.3 Å². The molecule has 0 aliphatic rings. The first-order chi connectivity index (χ1) is 29.8. The zero-order valence-corrected chi connectivity index (χ0v) is 36.9. The van der Waals surface area contributed by atoms with Crippen LogP contribution >= 0.6 is 11.8 Å². The van der Waals surface area contributed by atoms with Crippen molar-refractivity contribution in [3.05, 3.63) is 0 Å². The highest BCUT2D eigenvalue weighted by molar-refractivity contribution is 8.00. The van der Waals surface area contributed by atoms with Crippen LogP contribution in [-0.4, -0.2) is 165 Å². The molecule has 0 fully saturated rings. The van der Waals surface area contributed by atoms with E-state index in [9.17, 15) is 43.5 Å². The first-order valence-electron chi connectivity index (χ1n) is 21.5. The number of nitrogens with two attached hydrogens (primary N) is 1. The van der Waals surface area contributed by atoms with Gasteiger partial charge in [-0.2, -0.15) is 0 Å². The van der Waals surface area contributed by atoms with Crippen LogP contribution in [0.5, 0.6) is 0 Å². The summed E-state index contributed by atoms with van der Waals surface area (Å²) in [7, 11) is 0. The lowest BCUT2D eigenvalue weighted by Crippen LogP contribution is -2.41. The number of hydrogen-bond acceptors (Lipinski definition) is 14. The van der Waals surface area contributed by atoms with Crippen LogP contribution in [0.15, 0.2) is 0 Å². The zero-order valence-electron chi connectivity index (χ0n) is 36.1. The Morgan fingerprint density at radius 2 is 0.903 bits per heavy atom. The highest BCUT2D eigenvalue weighted by atomic mass is 32.2. The number of carbonyl (C=O) groups excluding carboxylic acids is 5. The second-order valence-corrected chi connectivity index (χ2v) is 15.4. The van der Waals surface area contributed by atoms with Crippen LogP contribution in [-0.2, 0) is 57.3 Å². The molecule has 0 aromatic rings. The van der Waals surface area contributed by atoms with Crippen LogP contribution in [0.3, 0.4) is 0 Å². The summed E-state index contributed by atoms with van der Waals surface area (Å²) in [5.74, 6) is -4.65. The molecule has 62 heavy (non-hydrogen) atoms. The fourth-order valence-electron chi connectivity index (χ4n) is 5.42. The number of carbonyl (C=O) groups is 8. The molecule has 0 unspecified atom stereocenters. The normalized spacial score (nSPS) is 11.9.